The van der Waals surface area contributed by atoms with Gasteiger partial charge in [0.25, 0.3) is 0 Å². The van der Waals surface area contributed by atoms with E-state index in [9.17, 15) is 5.26 Å². The predicted octanol–water partition coefficient (Wildman–Crippen LogP) is 4.35. The summed E-state index contributed by atoms with van der Waals surface area (Å²) in [6.07, 6.45) is 6.17. The molecule has 2 heterocycles. The highest BCUT2D eigenvalue weighted by molar-refractivity contribution is 7.99. The van der Waals surface area contributed by atoms with E-state index in [1.807, 2.05) is 0 Å². The number of nitrogens with zero attached hydrogens (tertiary/aromatic N) is 4. The van der Waals surface area contributed by atoms with Gasteiger partial charge in [-0.2, -0.15) is 10.5 Å². The smallest absolute Gasteiger partial charge is 0.128 e. The second-order valence-corrected chi connectivity index (χ2v) is 8.14. The van der Waals surface area contributed by atoms with Crippen molar-refractivity contribution in [2.24, 2.45) is 11.8 Å². The number of rotatable bonds is 5. The fourth-order valence-corrected chi connectivity index (χ4v) is 5.46. The lowest BCUT2D eigenvalue weighted by Gasteiger charge is -2.18. The lowest BCUT2D eigenvalue weighted by Crippen LogP contribution is -2.08. The molecule has 118 valence electrons. The molecule has 23 heavy (non-hydrogen) atoms. The second-order valence-electron chi connectivity index (χ2n) is 6.04. The van der Waals surface area contributed by atoms with Crippen LogP contribution in [0.2, 0.25) is 0 Å². The van der Waals surface area contributed by atoms with Crippen molar-refractivity contribution in [1.82, 2.24) is 9.97 Å². The van der Waals surface area contributed by atoms with Crippen LogP contribution in [0.5, 0.6) is 0 Å². The molecule has 0 radical (unpaired) electrons. The van der Waals surface area contributed by atoms with Gasteiger partial charge in [0.15, 0.2) is 0 Å². The highest BCUT2D eigenvalue weighted by Gasteiger charge is 2.23. The summed E-state index contributed by atoms with van der Waals surface area (Å²) in [5.74, 6) is 1.33. The van der Waals surface area contributed by atoms with Crippen molar-refractivity contribution in [3.05, 3.63) is 16.8 Å². The minimum absolute atomic E-state index is 0.0980. The Balaban J connectivity index is 1.84. The van der Waals surface area contributed by atoms with Crippen LogP contribution in [-0.2, 0) is 12.8 Å². The van der Waals surface area contributed by atoms with Gasteiger partial charge < -0.3 is 0 Å². The molecular formula is C17H18N4S2. The molecule has 0 aliphatic heterocycles. The molecule has 0 saturated heterocycles. The number of aromatic nitrogens is 2. The average Bonchev–Trinajstić information content (AvgIpc) is 2.93. The van der Waals surface area contributed by atoms with Gasteiger partial charge in [-0.1, -0.05) is 6.92 Å². The normalized spacial score (nSPS) is 18.1. The van der Waals surface area contributed by atoms with Crippen LogP contribution >= 0.6 is 23.1 Å². The van der Waals surface area contributed by atoms with Gasteiger partial charge in [0, 0.05) is 22.4 Å². The zero-order valence-electron chi connectivity index (χ0n) is 13.1. The molecule has 0 spiro atoms. The number of thiophene rings is 1. The van der Waals surface area contributed by atoms with Crippen molar-refractivity contribution in [3.8, 4) is 12.1 Å². The molecule has 0 N–H and O–H groups in total. The topological polar surface area (TPSA) is 73.4 Å². The Bertz CT molecular complexity index is 784. The number of aryl methyl sites for hydroxylation is 1. The maximum absolute atomic E-state index is 9.22. The molecule has 6 heteroatoms. The van der Waals surface area contributed by atoms with Gasteiger partial charge in [-0.3, -0.25) is 0 Å². The van der Waals surface area contributed by atoms with Crippen molar-refractivity contribution < 1.29 is 0 Å². The first kappa shape index (κ1) is 16.2. The van der Waals surface area contributed by atoms with Crippen LogP contribution in [0.4, 0.5) is 0 Å². The molecule has 4 nitrogen and oxygen atoms in total. The third-order valence-electron chi connectivity index (χ3n) is 4.27. The lowest BCUT2D eigenvalue weighted by atomic mass is 9.89. The summed E-state index contributed by atoms with van der Waals surface area (Å²) in [7, 11) is 0. The highest BCUT2D eigenvalue weighted by atomic mass is 32.2. The largest absolute Gasteiger partial charge is 0.229 e. The number of fused-ring (bicyclic) bond motifs is 3. The Labute approximate surface area is 144 Å². The highest BCUT2D eigenvalue weighted by Crippen LogP contribution is 2.40. The van der Waals surface area contributed by atoms with E-state index in [1.54, 1.807) is 29.4 Å². The molecule has 0 aromatic carbocycles. The van der Waals surface area contributed by atoms with Crippen LogP contribution in [0.3, 0.4) is 0 Å². The van der Waals surface area contributed by atoms with E-state index < -0.39 is 0 Å². The van der Waals surface area contributed by atoms with Gasteiger partial charge in [-0.15, -0.1) is 23.1 Å². The molecule has 2 aromatic rings. The Morgan fingerprint density at radius 2 is 2.30 bits per heavy atom. The van der Waals surface area contributed by atoms with Crippen LogP contribution in [0.15, 0.2) is 11.4 Å². The minimum Gasteiger partial charge on any atom is -0.229 e. The van der Waals surface area contributed by atoms with Gasteiger partial charge >= 0.3 is 0 Å². The Morgan fingerprint density at radius 3 is 3.09 bits per heavy atom. The SMILES string of the molecule is C[C@@H]1CCc2c(sc3ncnc(SC[C@H](C#N)CCC#N)c23)C1. The number of thioether (sulfide) groups is 1. The van der Waals surface area contributed by atoms with E-state index in [2.05, 4.69) is 29.0 Å². The second kappa shape index (κ2) is 7.29. The fourth-order valence-electron chi connectivity index (χ4n) is 2.96. The summed E-state index contributed by atoms with van der Waals surface area (Å²) in [4.78, 5) is 11.5. The van der Waals surface area contributed by atoms with E-state index in [0.717, 1.165) is 28.6 Å². The molecule has 0 bridgehead atoms. The minimum atomic E-state index is -0.0980. The Kier molecular flexibility index (Phi) is 5.15. The van der Waals surface area contributed by atoms with Crippen molar-refractivity contribution in [1.29, 1.82) is 10.5 Å². The number of hydrogen-bond acceptors (Lipinski definition) is 6. The van der Waals surface area contributed by atoms with Crippen molar-refractivity contribution in [2.75, 3.05) is 5.75 Å². The van der Waals surface area contributed by atoms with E-state index in [1.165, 1.54) is 22.2 Å². The number of hydrogen-bond donors (Lipinski definition) is 0. The molecule has 1 aliphatic carbocycles. The first-order valence-electron chi connectivity index (χ1n) is 7.87. The van der Waals surface area contributed by atoms with Gasteiger partial charge in [0.05, 0.1) is 18.1 Å². The summed E-state index contributed by atoms with van der Waals surface area (Å²) < 4.78 is 0. The molecule has 0 fully saturated rings. The molecule has 1 aliphatic rings. The van der Waals surface area contributed by atoms with E-state index in [0.29, 0.717) is 18.6 Å². The summed E-state index contributed by atoms with van der Waals surface area (Å²) >= 11 is 3.43. The molecule has 0 amide bonds. The maximum atomic E-state index is 9.22. The van der Waals surface area contributed by atoms with Crippen LogP contribution in [-0.4, -0.2) is 15.7 Å². The zero-order valence-corrected chi connectivity index (χ0v) is 14.7. The molecule has 3 rings (SSSR count). The Morgan fingerprint density at radius 1 is 1.43 bits per heavy atom. The third-order valence-corrected chi connectivity index (χ3v) is 6.58. The molecule has 0 unspecified atom stereocenters. The van der Waals surface area contributed by atoms with E-state index >= 15 is 0 Å². The molecule has 2 aromatic heterocycles. The van der Waals surface area contributed by atoms with Crippen molar-refractivity contribution >= 4 is 33.3 Å². The molecule has 2 atom stereocenters. The van der Waals surface area contributed by atoms with Crippen LogP contribution in [0.25, 0.3) is 10.2 Å². The van der Waals surface area contributed by atoms with Crippen LogP contribution < -0.4 is 0 Å². The summed E-state index contributed by atoms with van der Waals surface area (Å²) in [6, 6.07) is 4.42. The van der Waals surface area contributed by atoms with Crippen LogP contribution in [0.1, 0.15) is 36.6 Å². The monoisotopic (exact) mass is 342 g/mol. The number of nitriles is 2. The van der Waals surface area contributed by atoms with Crippen molar-refractivity contribution in [2.45, 2.75) is 44.1 Å². The van der Waals surface area contributed by atoms with E-state index in [4.69, 9.17) is 5.26 Å². The van der Waals surface area contributed by atoms with Crippen molar-refractivity contribution in [3.63, 3.8) is 0 Å². The maximum Gasteiger partial charge on any atom is 0.128 e. The zero-order chi connectivity index (χ0) is 16.2. The first-order valence-corrected chi connectivity index (χ1v) is 9.67. The van der Waals surface area contributed by atoms with Gasteiger partial charge in [-0.25, -0.2) is 9.97 Å². The first-order chi connectivity index (χ1) is 11.2. The fraction of sp³-hybridized carbons (Fsp3) is 0.529. The average molecular weight is 342 g/mol. The summed E-state index contributed by atoms with van der Waals surface area (Å²) in [6.45, 7) is 2.31. The predicted molar refractivity (Wildman–Crippen MR) is 93.3 cm³/mol. The Hall–Kier alpha value is -1.63. The third kappa shape index (κ3) is 3.49. The quantitative estimate of drug-likeness (QED) is 0.596. The van der Waals surface area contributed by atoms with Gasteiger partial charge in [-0.05, 0) is 37.2 Å². The van der Waals surface area contributed by atoms with E-state index in [-0.39, 0.29) is 5.92 Å². The summed E-state index contributed by atoms with van der Waals surface area (Å²) in [5.41, 5.74) is 1.43. The standard InChI is InChI=1S/C17H18N4S2/c1-11-4-5-13-14(7-11)23-17-15(13)16(20-10-21-17)22-9-12(8-19)3-2-6-18/h10-12H,2-5,7,9H2,1H3/t11-,12+/m1/s1. The van der Waals surface area contributed by atoms with Crippen LogP contribution in [0, 0.1) is 34.5 Å². The molecular weight excluding hydrogens is 324 g/mol. The van der Waals surface area contributed by atoms with Gasteiger partial charge in [0.1, 0.15) is 16.2 Å². The lowest BCUT2D eigenvalue weighted by molar-refractivity contribution is 0.509. The summed E-state index contributed by atoms with van der Waals surface area (Å²) in [5, 5.41) is 20.1. The molecule has 0 saturated carbocycles. The van der Waals surface area contributed by atoms with Gasteiger partial charge in [0.2, 0.25) is 0 Å².